The van der Waals surface area contributed by atoms with Crippen molar-refractivity contribution in [3.63, 3.8) is 0 Å². The summed E-state index contributed by atoms with van der Waals surface area (Å²) in [6.07, 6.45) is 3.15. The predicted octanol–water partition coefficient (Wildman–Crippen LogP) is 2.86. The summed E-state index contributed by atoms with van der Waals surface area (Å²) in [7, 11) is 1.77. The van der Waals surface area contributed by atoms with E-state index in [1.165, 1.54) is 6.42 Å². The molecule has 0 aliphatic rings. The van der Waals surface area contributed by atoms with E-state index in [2.05, 4.69) is 22.5 Å². The molecule has 118 valence electrons. The minimum absolute atomic E-state index is 0.700. The zero-order chi connectivity index (χ0) is 15.3. The van der Waals surface area contributed by atoms with Gasteiger partial charge in [-0.3, -0.25) is 4.99 Å². The van der Waals surface area contributed by atoms with Gasteiger partial charge in [0.2, 0.25) is 0 Å². The maximum atomic E-state index is 6.13. The van der Waals surface area contributed by atoms with Crippen LogP contribution in [0, 0.1) is 0 Å². The fraction of sp³-hybridized carbons (Fsp3) is 0.562. The summed E-state index contributed by atoms with van der Waals surface area (Å²) in [4.78, 5) is 4.18. The van der Waals surface area contributed by atoms with Gasteiger partial charge in [0.05, 0.1) is 6.61 Å². The highest BCUT2D eigenvalue weighted by atomic mass is 35.5. The molecular formula is C16H26ClN3O. The van der Waals surface area contributed by atoms with Crippen LogP contribution in [0.4, 0.5) is 0 Å². The van der Waals surface area contributed by atoms with Crippen LogP contribution >= 0.6 is 11.6 Å². The van der Waals surface area contributed by atoms with E-state index in [0.717, 1.165) is 49.1 Å². The monoisotopic (exact) mass is 311 g/mol. The normalized spacial score (nSPS) is 11.5. The van der Waals surface area contributed by atoms with Gasteiger partial charge in [-0.2, -0.15) is 0 Å². The summed E-state index contributed by atoms with van der Waals surface area (Å²) >= 11 is 6.13. The van der Waals surface area contributed by atoms with E-state index < -0.39 is 0 Å². The van der Waals surface area contributed by atoms with E-state index in [9.17, 15) is 0 Å². The summed E-state index contributed by atoms with van der Waals surface area (Å²) in [5.74, 6) is 0.793. The van der Waals surface area contributed by atoms with Crippen molar-refractivity contribution < 1.29 is 4.74 Å². The summed E-state index contributed by atoms with van der Waals surface area (Å²) in [6, 6.07) is 7.90. The fourth-order valence-electron chi connectivity index (χ4n) is 1.83. The van der Waals surface area contributed by atoms with E-state index in [-0.39, 0.29) is 0 Å². The first-order valence-corrected chi connectivity index (χ1v) is 7.91. The first kappa shape index (κ1) is 17.8. The molecule has 0 aromatic heterocycles. The summed E-state index contributed by atoms with van der Waals surface area (Å²) in [5.41, 5.74) is 1.14. The minimum Gasteiger partial charge on any atom is -0.380 e. The Morgan fingerprint density at radius 2 is 1.95 bits per heavy atom. The molecule has 0 bridgehead atoms. The lowest BCUT2D eigenvalue weighted by atomic mass is 10.1. The smallest absolute Gasteiger partial charge is 0.191 e. The topological polar surface area (TPSA) is 45.6 Å². The Bertz CT molecular complexity index is 424. The summed E-state index contributed by atoms with van der Waals surface area (Å²) in [5, 5.41) is 7.31. The number of guanidine groups is 1. The van der Waals surface area contributed by atoms with Crippen molar-refractivity contribution in [2.24, 2.45) is 4.99 Å². The molecule has 1 aromatic carbocycles. The molecule has 5 heteroatoms. The predicted molar refractivity (Wildman–Crippen MR) is 90.2 cm³/mol. The highest BCUT2D eigenvalue weighted by Gasteiger charge is 2.00. The number of nitrogens with one attached hydrogen (secondary N) is 2. The van der Waals surface area contributed by atoms with Gasteiger partial charge in [-0.1, -0.05) is 43.1 Å². The third kappa shape index (κ3) is 7.93. The highest BCUT2D eigenvalue weighted by Crippen LogP contribution is 2.14. The Morgan fingerprint density at radius 3 is 2.67 bits per heavy atom. The molecule has 0 saturated carbocycles. The lowest BCUT2D eigenvalue weighted by molar-refractivity contribution is 0.136. The van der Waals surface area contributed by atoms with Gasteiger partial charge >= 0.3 is 0 Å². The minimum atomic E-state index is 0.700. The number of halogens is 1. The molecule has 21 heavy (non-hydrogen) atoms. The van der Waals surface area contributed by atoms with Gasteiger partial charge in [0.15, 0.2) is 5.96 Å². The van der Waals surface area contributed by atoms with Gasteiger partial charge < -0.3 is 15.4 Å². The molecular weight excluding hydrogens is 286 g/mol. The van der Waals surface area contributed by atoms with Crippen LogP contribution in [0.3, 0.4) is 0 Å². The number of hydrogen-bond acceptors (Lipinski definition) is 2. The SMILES string of the molecule is CCCCOCCNC(=NC)NCCc1ccccc1Cl. The van der Waals surface area contributed by atoms with Gasteiger partial charge in [0.1, 0.15) is 0 Å². The Balaban J connectivity index is 2.16. The van der Waals surface area contributed by atoms with Crippen molar-refractivity contribution in [2.45, 2.75) is 26.2 Å². The molecule has 0 spiro atoms. The number of benzene rings is 1. The van der Waals surface area contributed by atoms with E-state index in [0.29, 0.717) is 6.61 Å². The molecule has 0 unspecified atom stereocenters. The molecule has 0 heterocycles. The number of ether oxygens (including phenoxy) is 1. The van der Waals surface area contributed by atoms with Gasteiger partial charge in [0, 0.05) is 31.8 Å². The summed E-state index contributed by atoms with van der Waals surface area (Å²) < 4.78 is 5.50. The van der Waals surface area contributed by atoms with E-state index >= 15 is 0 Å². The van der Waals surface area contributed by atoms with Crippen LogP contribution in [-0.4, -0.2) is 39.3 Å². The first-order valence-electron chi connectivity index (χ1n) is 7.53. The van der Waals surface area contributed by atoms with Crippen LogP contribution in [0.5, 0.6) is 0 Å². The third-order valence-electron chi connectivity index (χ3n) is 3.05. The average molecular weight is 312 g/mol. The second-order valence-corrected chi connectivity index (χ2v) is 5.14. The molecule has 4 nitrogen and oxygen atoms in total. The largest absolute Gasteiger partial charge is 0.380 e. The standard InChI is InChI=1S/C16H26ClN3O/c1-3-4-12-21-13-11-20-16(18-2)19-10-9-14-7-5-6-8-15(14)17/h5-8H,3-4,9-13H2,1-2H3,(H2,18,19,20). The van der Waals surface area contributed by atoms with Crippen molar-refractivity contribution in [1.82, 2.24) is 10.6 Å². The molecule has 2 N–H and O–H groups in total. The van der Waals surface area contributed by atoms with Crippen LogP contribution in [0.1, 0.15) is 25.3 Å². The number of rotatable bonds is 9. The van der Waals surface area contributed by atoms with Crippen LogP contribution < -0.4 is 10.6 Å². The van der Waals surface area contributed by atoms with Crippen molar-refractivity contribution in [3.05, 3.63) is 34.9 Å². The van der Waals surface area contributed by atoms with Gasteiger partial charge in [-0.05, 0) is 24.5 Å². The Morgan fingerprint density at radius 1 is 1.19 bits per heavy atom. The Labute approximate surface area is 132 Å². The maximum absolute atomic E-state index is 6.13. The summed E-state index contributed by atoms with van der Waals surface area (Å²) in [6.45, 7) is 5.24. The molecule has 0 aliphatic heterocycles. The van der Waals surface area contributed by atoms with Crippen molar-refractivity contribution in [3.8, 4) is 0 Å². The quantitative estimate of drug-likeness (QED) is 0.419. The molecule has 0 amide bonds. The van der Waals surface area contributed by atoms with E-state index in [1.807, 2.05) is 24.3 Å². The molecule has 0 aliphatic carbocycles. The second-order valence-electron chi connectivity index (χ2n) is 4.73. The maximum Gasteiger partial charge on any atom is 0.191 e. The van der Waals surface area contributed by atoms with Crippen LogP contribution in [0.15, 0.2) is 29.3 Å². The van der Waals surface area contributed by atoms with Crippen LogP contribution in [0.25, 0.3) is 0 Å². The third-order valence-corrected chi connectivity index (χ3v) is 3.42. The molecule has 1 aromatic rings. The van der Waals surface area contributed by atoms with Gasteiger partial charge in [-0.15, -0.1) is 0 Å². The molecule has 0 fully saturated rings. The average Bonchev–Trinajstić information content (AvgIpc) is 2.50. The van der Waals surface area contributed by atoms with Crippen molar-refractivity contribution in [2.75, 3.05) is 33.4 Å². The lowest BCUT2D eigenvalue weighted by Gasteiger charge is -2.12. The van der Waals surface area contributed by atoms with Crippen molar-refractivity contribution in [1.29, 1.82) is 0 Å². The van der Waals surface area contributed by atoms with Crippen molar-refractivity contribution >= 4 is 17.6 Å². The Hall–Kier alpha value is -1.26. The van der Waals surface area contributed by atoms with E-state index in [4.69, 9.17) is 16.3 Å². The fourth-order valence-corrected chi connectivity index (χ4v) is 2.06. The molecule has 0 saturated heterocycles. The number of aliphatic imine (C=N–C) groups is 1. The van der Waals surface area contributed by atoms with Gasteiger partial charge in [-0.25, -0.2) is 0 Å². The molecule has 0 atom stereocenters. The van der Waals surface area contributed by atoms with Gasteiger partial charge in [0.25, 0.3) is 0 Å². The number of hydrogen-bond donors (Lipinski definition) is 2. The zero-order valence-electron chi connectivity index (χ0n) is 13.0. The first-order chi connectivity index (χ1) is 10.3. The zero-order valence-corrected chi connectivity index (χ0v) is 13.7. The van der Waals surface area contributed by atoms with Crippen LogP contribution in [-0.2, 0) is 11.2 Å². The number of nitrogens with zero attached hydrogens (tertiary/aromatic N) is 1. The highest BCUT2D eigenvalue weighted by molar-refractivity contribution is 6.31. The molecule has 0 radical (unpaired) electrons. The lowest BCUT2D eigenvalue weighted by Crippen LogP contribution is -2.39. The van der Waals surface area contributed by atoms with Crippen LogP contribution in [0.2, 0.25) is 5.02 Å². The molecule has 1 rings (SSSR count). The van der Waals surface area contributed by atoms with E-state index in [1.54, 1.807) is 7.05 Å². The Kier molecular flexibility index (Phi) is 9.66. The second kappa shape index (κ2) is 11.4. The number of unbranched alkanes of at least 4 members (excludes halogenated alkanes) is 1.